The first-order valence-corrected chi connectivity index (χ1v) is 28.4. The van der Waals surface area contributed by atoms with Gasteiger partial charge in [-0.3, -0.25) is 0 Å². The summed E-state index contributed by atoms with van der Waals surface area (Å²) in [5.74, 6) is 0. The largest absolute Gasteiger partial charge is 0.311 e. The standard InChI is InChI=1S/C75H70BN3/c1-72(2,3)53-29-35-56(36-30-53)77(57-37-31-54(32-38-57)73(4,5)6)60-40-42-65-68(48-60)78(58-33-26-51(27-34-58)49-20-14-12-15-21-49)69-45-55(74(7,8)9)46-70-71(69)76(65)66-44-52(50-22-16-13-17-23-50)28-43-67(66)79(70)59-39-41-62-61-24-18-19-25-63(61)75(10,11)64(62)47-59/h12-48H,1-11H3. The number of hydrogen-bond donors (Lipinski definition) is 0. The van der Waals surface area contributed by atoms with Crippen LogP contribution in [0.4, 0.5) is 51.2 Å². The van der Waals surface area contributed by atoms with Gasteiger partial charge in [-0.1, -0.05) is 222 Å². The van der Waals surface area contributed by atoms with Crippen molar-refractivity contribution in [1.82, 2.24) is 0 Å². The molecule has 3 aliphatic rings. The highest BCUT2D eigenvalue weighted by Crippen LogP contribution is 2.53. The lowest BCUT2D eigenvalue weighted by atomic mass is 9.33. The summed E-state index contributed by atoms with van der Waals surface area (Å²) >= 11 is 0. The molecule has 0 radical (unpaired) electrons. The average Bonchev–Trinajstić information content (AvgIpc) is 3.88. The third kappa shape index (κ3) is 8.50. The van der Waals surface area contributed by atoms with Crippen LogP contribution in [0.15, 0.2) is 224 Å². The Kier molecular flexibility index (Phi) is 11.7. The highest BCUT2D eigenvalue weighted by molar-refractivity contribution is 7.00. The van der Waals surface area contributed by atoms with Gasteiger partial charge >= 0.3 is 0 Å². The van der Waals surface area contributed by atoms with Gasteiger partial charge in [0.1, 0.15) is 0 Å². The van der Waals surface area contributed by atoms with E-state index in [-0.39, 0.29) is 28.4 Å². The van der Waals surface area contributed by atoms with Crippen molar-refractivity contribution in [3.05, 3.63) is 252 Å². The van der Waals surface area contributed by atoms with Crippen molar-refractivity contribution in [2.75, 3.05) is 14.7 Å². The van der Waals surface area contributed by atoms with E-state index in [2.05, 4.69) is 315 Å². The fourth-order valence-corrected chi connectivity index (χ4v) is 12.9. The zero-order valence-corrected chi connectivity index (χ0v) is 47.8. The SMILES string of the molecule is CC(C)(C)c1ccc(N(c2ccc(C(C)(C)C)cc2)c2ccc3c(c2)N(c2ccc(-c4ccccc4)cc2)c2cc(C(C)(C)C)cc4c2B3c2cc(-c3ccccc3)ccc2N4c2ccc3c(c2)C(C)(C)c2ccccc2-3)cc1. The van der Waals surface area contributed by atoms with Crippen LogP contribution in [0, 0.1) is 0 Å². The fourth-order valence-electron chi connectivity index (χ4n) is 12.9. The fraction of sp³-hybridized carbons (Fsp3) is 0.200. The lowest BCUT2D eigenvalue weighted by Crippen LogP contribution is -2.61. The van der Waals surface area contributed by atoms with Crippen molar-refractivity contribution in [2.24, 2.45) is 0 Å². The van der Waals surface area contributed by atoms with E-state index in [9.17, 15) is 0 Å². The van der Waals surface area contributed by atoms with Gasteiger partial charge in [0.25, 0.3) is 6.71 Å². The molecule has 0 fully saturated rings. The minimum absolute atomic E-state index is 0.0213. The molecule has 0 spiro atoms. The summed E-state index contributed by atoms with van der Waals surface area (Å²) in [6, 6.07) is 85.3. The van der Waals surface area contributed by atoms with Gasteiger partial charge in [-0.05, 0) is 173 Å². The molecule has 388 valence electrons. The van der Waals surface area contributed by atoms with E-state index >= 15 is 0 Å². The molecule has 13 rings (SSSR count). The molecule has 0 unspecified atom stereocenters. The van der Waals surface area contributed by atoms with Crippen LogP contribution in [0.3, 0.4) is 0 Å². The maximum absolute atomic E-state index is 2.61. The van der Waals surface area contributed by atoms with Crippen LogP contribution in [-0.2, 0) is 21.7 Å². The van der Waals surface area contributed by atoms with Crippen LogP contribution in [0.2, 0.25) is 0 Å². The highest BCUT2D eigenvalue weighted by atomic mass is 15.2. The second-order valence-corrected chi connectivity index (χ2v) is 25.9. The molecule has 2 heterocycles. The summed E-state index contributed by atoms with van der Waals surface area (Å²) in [4.78, 5) is 7.66. The monoisotopic (exact) mass is 1020 g/mol. The van der Waals surface area contributed by atoms with E-state index in [1.165, 1.54) is 106 Å². The van der Waals surface area contributed by atoms with Crippen molar-refractivity contribution >= 4 is 74.3 Å². The minimum atomic E-state index is -0.175. The van der Waals surface area contributed by atoms with Crippen LogP contribution < -0.4 is 31.1 Å². The molecule has 10 aromatic carbocycles. The van der Waals surface area contributed by atoms with Crippen LogP contribution >= 0.6 is 0 Å². The Labute approximate surface area is 470 Å². The quantitative estimate of drug-likeness (QED) is 0.147. The molecule has 0 saturated carbocycles. The van der Waals surface area contributed by atoms with E-state index in [0.717, 1.165) is 22.7 Å². The highest BCUT2D eigenvalue weighted by Gasteiger charge is 2.45. The van der Waals surface area contributed by atoms with Gasteiger partial charge in [-0.15, -0.1) is 0 Å². The summed E-state index contributed by atoms with van der Waals surface area (Å²) in [6.45, 7) is 25.5. The Morgan fingerprint density at radius 1 is 0.342 bits per heavy atom. The Balaban J connectivity index is 1.09. The topological polar surface area (TPSA) is 9.72 Å². The zero-order chi connectivity index (χ0) is 54.8. The maximum atomic E-state index is 2.61. The molecule has 0 atom stereocenters. The molecule has 3 nitrogen and oxygen atoms in total. The Hall–Kier alpha value is -8.34. The second kappa shape index (κ2) is 18.4. The van der Waals surface area contributed by atoms with Crippen molar-refractivity contribution in [3.8, 4) is 33.4 Å². The summed E-state index contributed by atoms with van der Waals surface area (Å²) < 4.78 is 0. The number of benzene rings is 10. The number of nitrogens with zero attached hydrogens (tertiary/aromatic N) is 3. The normalized spacial score (nSPS) is 14.0. The van der Waals surface area contributed by atoms with Crippen molar-refractivity contribution in [2.45, 2.75) is 97.8 Å². The predicted octanol–water partition coefficient (Wildman–Crippen LogP) is 18.8. The summed E-state index contributed by atoms with van der Waals surface area (Å²) in [6.07, 6.45) is 0. The van der Waals surface area contributed by atoms with E-state index in [1.54, 1.807) is 0 Å². The smallest absolute Gasteiger partial charge is 0.252 e. The van der Waals surface area contributed by atoms with Crippen molar-refractivity contribution < 1.29 is 0 Å². The number of anilines is 9. The van der Waals surface area contributed by atoms with Gasteiger partial charge in [0.05, 0.1) is 0 Å². The maximum Gasteiger partial charge on any atom is 0.252 e. The van der Waals surface area contributed by atoms with Gasteiger partial charge < -0.3 is 14.7 Å². The lowest BCUT2D eigenvalue weighted by Gasteiger charge is -2.45. The predicted molar refractivity (Wildman–Crippen MR) is 340 cm³/mol. The molecular weight excluding hydrogens is 954 g/mol. The average molecular weight is 1020 g/mol. The number of hydrogen-bond acceptors (Lipinski definition) is 3. The molecule has 4 heteroatoms. The second-order valence-electron chi connectivity index (χ2n) is 25.9. The third-order valence-corrected chi connectivity index (χ3v) is 17.3. The summed E-state index contributed by atoms with van der Waals surface area (Å²) in [7, 11) is 0. The van der Waals surface area contributed by atoms with Gasteiger partial charge in [-0.2, -0.15) is 0 Å². The van der Waals surface area contributed by atoms with E-state index in [0.29, 0.717) is 0 Å². The molecule has 1 aliphatic carbocycles. The van der Waals surface area contributed by atoms with Crippen LogP contribution in [0.1, 0.15) is 104 Å². The van der Waals surface area contributed by atoms with E-state index < -0.39 is 0 Å². The van der Waals surface area contributed by atoms with Gasteiger partial charge in [0.2, 0.25) is 0 Å². The first-order valence-electron chi connectivity index (χ1n) is 28.4. The van der Waals surface area contributed by atoms with Crippen molar-refractivity contribution in [3.63, 3.8) is 0 Å². The Bertz CT molecular complexity index is 3910. The molecular formula is C75H70BN3. The summed E-state index contributed by atoms with van der Waals surface area (Å²) in [5, 5.41) is 0. The van der Waals surface area contributed by atoms with E-state index in [1.807, 2.05) is 0 Å². The first kappa shape index (κ1) is 50.2. The lowest BCUT2D eigenvalue weighted by molar-refractivity contribution is 0.590. The number of fused-ring (bicyclic) bond motifs is 7. The van der Waals surface area contributed by atoms with Gasteiger partial charge in [0, 0.05) is 56.6 Å². The zero-order valence-electron chi connectivity index (χ0n) is 47.8. The molecule has 0 aromatic heterocycles. The molecule has 0 amide bonds. The van der Waals surface area contributed by atoms with Crippen molar-refractivity contribution in [1.29, 1.82) is 0 Å². The molecule has 0 N–H and O–H groups in total. The van der Waals surface area contributed by atoms with E-state index in [4.69, 9.17) is 0 Å². The minimum Gasteiger partial charge on any atom is -0.311 e. The molecule has 79 heavy (non-hydrogen) atoms. The third-order valence-electron chi connectivity index (χ3n) is 17.3. The van der Waals surface area contributed by atoms with Gasteiger partial charge in [-0.25, -0.2) is 0 Å². The molecule has 2 aliphatic heterocycles. The Morgan fingerprint density at radius 3 is 1.41 bits per heavy atom. The Morgan fingerprint density at radius 2 is 0.823 bits per heavy atom. The number of rotatable bonds is 7. The van der Waals surface area contributed by atoms with Crippen LogP contribution in [0.5, 0.6) is 0 Å². The summed E-state index contributed by atoms with van der Waals surface area (Å²) in [5.41, 5.74) is 28.1. The van der Waals surface area contributed by atoms with Crippen LogP contribution in [0.25, 0.3) is 33.4 Å². The first-order chi connectivity index (χ1) is 37.8. The van der Waals surface area contributed by atoms with Crippen LogP contribution in [-0.4, -0.2) is 6.71 Å². The molecule has 10 aromatic rings. The molecule has 0 saturated heterocycles. The van der Waals surface area contributed by atoms with Gasteiger partial charge in [0.15, 0.2) is 0 Å². The molecule has 0 bridgehead atoms.